The Morgan fingerprint density at radius 2 is 1.74 bits per heavy atom. The minimum atomic E-state index is -0.424. The first kappa shape index (κ1) is 20.9. The number of nitrogens with zero attached hydrogens (tertiary/aromatic N) is 3. The Labute approximate surface area is 185 Å². The number of pyridine rings is 1. The van der Waals surface area contributed by atoms with Gasteiger partial charge in [-0.05, 0) is 18.1 Å². The molecule has 4 aromatic rings. The number of esters is 1. The maximum absolute atomic E-state index is 12.5. The van der Waals surface area contributed by atoms with Crippen LogP contribution in [0.1, 0.15) is 33.9 Å². The molecule has 1 N–H and O–H groups in total. The lowest BCUT2D eigenvalue weighted by molar-refractivity contribution is 0.0527. The van der Waals surface area contributed by atoms with E-state index in [0.29, 0.717) is 29.9 Å². The summed E-state index contributed by atoms with van der Waals surface area (Å²) in [6, 6.07) is 20.0. The fraction of sp³-hybridized carbons (Fsp3) is 0.208. The molecule has 0 spiro atoms. The Balaban J connectivity index is 1.69. The minimum absolute atomic E-state index is 0.287. The number of nitrogens with one attached hydrogen (secondary N) is 1. The molecule has 1 atom stereocenters. The van der Waals surface area contributed by atoms with Gasteiger partial charge in [0.25, 0.3) is 0 Å². The van der Waals surface area contributed by atoms with Crippen molar-refractivity contribution in [2.75, 3.05) is 11.9 Å². The van der Waals surface area contributed by atoms with Crippen LogP contribution >= 0.6 is 11.6 Å². The molecule has 31 heavy (non-hydrogen) atoms. The molecule has 0 fully saturated rings. The lowest BCUT2D eigenvalue weighted by Gasteiger charge is -2.14. The number of alkyl halides is 1. The van der Waals surface area contributed by atoms with Gasteiger partial charge >= 0.3 is 5.97 Å². The number of benzene rings is 2. The van der Waals surface area contributed by atoms with E-state index in [9.17, 15) is 4.79 Å². The van der Waals surface area contributed by atoms with E-state index in [0.717, 1.165) is 16.5 Å². The molecule has 0 bridgehead atoms. The molecule has 1 unspecified atom stereocenters. The van der Waals surface area contributed by atoms with Crippen LogP contribution in [0.4, 0.5) is 5.69 Å². The molecular weight excluding hydrogens is 412 g/mol. The number of carbonyl (C=O) groups excluding carboxylic acids is 1. The molecular formula is C24H23ClN4O2. The molecule has 0 saturated carbocycles. The summed E-state index contributed by atoms with van der Waals surface area (Å²) in [6.07, 6.45) is 3.82. The second kappa shape index (κ2) is 9.62. The van der Waals surface area contributed by atoms with E-state index in [1.54, 1.807) is 17.8 Å². The molecule has 6 nitrogen and oxygen atoms in total. The predicted octanol–water partition coefficient (Wildman–Crippen LogP) is 5.20. The summed E-state index contributed by atoms with van der Waals surface area (Å²) in [6.45, 7) is 2.61. The van der Waals surface area contributed by atoms with Crippen LogP contribution in [-0.2, 0) is 17.7 Å². The second-order valence-electron chi connectivity index (χ2n) is 7.06. The zero-order valence-electron chi connectivity index (χ0n) is 17.2. The highest BCUT2D eigenvalue weighted by molar-refractivity contribution is 6.19. The fourth-order valence-electron chi connectivity index (χ4n) is 3.44. The monoisotopic (exact) mass is 434 g/mol. The maximum Gasteiger partial charge on any atom is 0.341 e. The number of anilines is 1. The fourth-order valence-corrected chi connectivity index (χ4v) is 3.76. The van der Waals surface area contributed by atoms with Crippen LogP contribution in [0.5, 0.6) is 0 Å². The summed E-state index contributed by atoms with van der Waals surface area (Å²) < 4.78 is 6.92. The van der Waals surface area contributed by atoms with Crippen LogP contribution in [0.2, 0.25) is 0 Å². The van der Waals surface area contributed by atoms with Crippen LogP contribution in [0.25, 0.3) is 11.0 Å². The normalized spacial score (nSPS) is 11.9. The van der Waals surface area contributed by atoms with Gasteiger partial charge in [-0.2, -0.15) is 5.10 Å². The number of halogens is 1. The van der Waals surface area contributed by atoms with E-state index in [2.05, 4.69) is 15.4 Å². The summed E-state index contributed by atoms with van der Waals surface area (Å²) in [4.78, 5) is 17.0. The van der Waals surface area contributed by atoms with Crippen molar-refractivity contribution in [2.24, 2.45) is 0 Å². The zero-order valence-corrected chi connectivity index (χ0v) is 17.9. The highest BCUT2D eigenvalue weighted by Gasteiger charge is 2.21. The average molecular weight is 435 g/mol. The summed E-state index contributed by atoms with van der Waals surface area (Å²) in [5, 5.41) is 8.58. The third-order valence-corrected chi connectivity index (χ3v) is 5.28. The molecule has 2 aromatic heterocycles. The maximum atomic E-state index is 12.5. The number of carbonyl (C=O) groups is 1. The van der Waals surface area contributed by atoms with Crippen LogP contribution < -0.4 is 5.32 Å². The number of hydrogen-bond donors (Lipinski definition) is 1. The number of fused-ring (bicyclic) bond motifs is 1. The second-order valence-corrected chi connectivity index (χ2v) is 7.56. The van der Waals surface area contributed by atoms with Crippen molar-refractivity contribution >= 4 is 34.3 Å². The predicted molar refractivity (Wildman–Crippen MR) is 122 cm³/mol. The minimum Gasteiger partial charge on any atom is -0.462 e. The zero-order chi connectivity index (χ0) is 21.6. The van der Waals surface area contributed by atoms with E-state index in [-0.39, 0.29) is 6.61 Å². The van der Waals surface area contributed by atoms with Crippen LogP contribution in [0.15, 0.2) is 73.1 Å². The van der Waals surface area contributed by atoms with Crippen molar-refractivity contribution in [1.82, 2.24) is 14.8 Å². The van der Waals surface area contributed by atoms with Crippen molar-refractivity contribution in [3.63, 3.8) is 0 Å². The molecule has 4 rings (SSSR count). The molecule has 0 aliphatic heterocycles. The first-order valence-corrected chi connectivity index (χ1v) is 10.6. The third kappa shape index (κ3) is 4.70. The van der Waals surface area contributed by atoms with Gasteiger partial charge in [0.1, 0.15) is 11.1 Å². The lowest BCUT2D eigenvalue weighted by Crippen LogP contribution is -2.12. The van der Waals surface area contributed by atoms with Gasteiger partial charge < -0.3 is 10.1 Å². The Kier molecular flexibility index (Phi) is 6.48. The van der Waals surface area contributed by atoms with Gasteiger partial charge in [0.05, 0.1) is 23.9 Å². The Morgan fingerprint density at radius 3 is 2.42 bits per heavy atom. The Hall–Kier alpha value is -3.38. The van der Waals surface area contributed by atoms with Gasteiger partial charge in [-0.1, -0.05) is 72.3 Å². The largest absolute Gasteiger partial charge is 0.462 e. The molecule has 0 saturated heterocycles. The summed E-state index contributed by atoms with van der Waals surface area (Å²) in [5.74, 6) is -0.424. The van der Waals surface area contributed by atoms with Crippen molar-refractivity contribution in [3.05, 3.63) is 89.7 Å². The highest BCUT2D eigenvalue weighted by Crippen LogP contribution is 2.30. The van der Waals surface area contributed by atoms with Gasteiger partial charge in [0.15, 0.2) is 5.65 Å². The number of aromatic nitrogens is 3. The molecule has 0 aliphatic carbocycles. The summed E-state index contributed by atoms with van der Waals surface area (Å²) >= 11 is 6.69. The van der Waals surface area contributed by atoms with Crippen LogP contribution in [0, 0.1) is 0 Å². The lowest BCUT2D eigenvalue weighted by atomic mass is 10.1. The first-order valence-electron chi connectivity index (χ1n) is 10.2. The van der Waals surface area contributed by atoms with Gasteiger partial charge in [0.2, 0.25) is 0 Å². The third-order valence-electron chi connectivity index (χ3n) is 4.94. The van der Waals surface area contributed by atoms with E-state index < -0.39 is 11.5 Å². The van der Waals surface area contributed by atoms with Crippen LogP contribution in [-0.4, -0.2) is 27.3 Å². The smallest absolute Gasteiger partial charge is 0.341 e. The van der Waals surface area contributed by atoms with Gasteiger partial charge in [0, 0.05) is 19.2 Å². The molecule has 158 valence electrons. The Morgan fingerprint density at radius 1 is 1.06 bits per heavy atom. The van der Waals surface area contributed by atoms with Crippen LogP contribution in [0.3, 0.4) is 0 Å². The number of ether oxygens (including phenoxy) is 1. The van der Waals surface area contributed by atoms with Crippen molar-refractivity contribution in [3.8, 4) is 0 Å². The number of hydrogen-bond acceptors (Lipinski definition) is 5. The van der Waals surface area contributed by atoms with Crippen molar-refractivity contribution in [1.29, 1.82) is 0 Å². The van der Waals surface area contributed by atoms with Crippen molar-refractivity contribution < 1.29 is 9.53 Å². The van der Waals surface area contributed by atoms with Gasteiger partial charge in [-0.3, -0.25) is 0 Å². The van der Waals surface area contributed by atoms with Gasteiger partial charge in [-0.25, -0.2) is 14.5 Å². The molecule has 0 radical (unpaired) electrons. The van der Waals surface area contributed by atoms with E-state index in [4.69, 9.17) is 16.3 Å². The topological polar surface area (TPSA) is 69.0 Å². The molecule has 7 heteroatoms. The van der Waals surface area contributed by atoms with Gasteiger partial charge in [-0.15, -0.1) is 0 Å². The highest BCUT2D eigenvalue weighted by atomic mass is 35.5. The van der Waals surface area contributed by atoms with E-state index >= 15 is 0 Å². The summed E-state index contributed by atoms with van der Waals surface area (Å²) in [5.41, 5.74) is 3.41. The Bertz CT molecular complexity index is 1160. The quantitative estimate of drug-likeness (QED) is 0.305. The first-order chi connectivity index (χ1) is 15.2. The average Bonchev–Trinajstić information content (AvgIpc) is 3.23. The molecule has 0 amide bonds. The summed E-state index contributed by atoms with van der Waals surface area (Å²) in [7, 11) is 0. The standard InChI is InChI=1S/C24H23ClN4O2/c1-2-31-24(30)20-15-27-23-19(22(20)26-14-18-11-7-4-8-12-18)16-28-29(23)21(25)13-17-9-5-3-6-10-17/h3-12,15-16,21H,2,13-14H2,1H3,(H,26,27). The van der Waals surface area contributed by atoms with Crippen molar-refractivity contribution in [2.45, 2.75) is 25.4 Å². The SMILES string of the molecule is CCOC(=O)c1cnc2c(cnn2C(Cl)Cc2ccccc2)c1NCc1ccccc1. The van der Waals surface area contributed by atoms with E-state index in [1.807, 2.05) is 60.7 Å². The molecule has 0 aliphatic rings. The number of rotatable bonds is 8. The molecule has 2 heterocycles. The molecule has 2 aromatic carbocycles. The van der Waals surface area contributed by atoms with E-state index in [1.165, 1.54) is 6.20 Å².